The molecule has 1 aliphatic heterocycles. The number of nitrogens with zero attached hydrogens (tertiary/aromatic N) is 3. The fourth-order valence-corrected chi connectivity index (χ4v) is 3.14. The predicted octanol–water partition coefficient (Wildman–Crippen LogP) is 2.06. The summed E-state index contributed by atoms with van der Waals surface area (Å²) in [7, 11) is 0. The van der Waals surface area contributed by atoms with E-state index in [0.717, 1.165) is 36.3 Å². The maximum atomic E-state index is 6.09. The van der Waals surface area contributed by atoms with Gasteiger partial charge in [0.1, 0.15) is 5.66 Å². The minimum atomic E-state index is -0.310. The number of rotatable bonds is 2. The van der Waals surface area contributed by atoms with Crippen molar-refractivity contribution in [2.24, 2.45) is 21.5 Å². The lowest BCUT2D eigenvalue weighted by Gasteiger charge is -2.41. The molecule has 0 aromatic heterocycles. The maximum absolute atomic E-state index is 6.09. The van der Waals surface area contributed by atoms with Crippen LogP contribution in [0.1, 0.15) is 31.2 Å². The molecule has 106 valence electrons. The molecule has 2 aliphatic rings. The molecule has 3 rings (SSSR count). The molecule has 0 radical (unpaired) electrons. The van der Waals surface area contributed by atoms with Crippen molar-refractivity contribution in [1.82, 2.24) is 4.90 Å². The van der Waals surface area contributed by atoms with E-state index in [0.29, 0.717) is 12.5 Å². The number of halogens is 1. The molecule has 0 atom stereocenters. The van der Waals surface area contributed by atoms with Gasteiger partial charge < -0.3 is 16.4 Å². The Hall–Kier alpha value is -1.75. The summed E-state index contributed by atoms with van der Waals surface area (Å²) in [4.78, 5) is 10.8. The van der Waals surface area contributed by atoms with Gasteiger partial charge in [0.05, 0.1) is 0 Å². The van der Waals surface area contributed by atoms with Crippen molar-refractivity contribution in [3.63, 3.8) is 0 Å². The molecule has 1 aliphatic carbocycles. The summed E-state index contributed by atoms with van der Waals surface area (Å²) in [5, 5.41) is 0.729. The van der Waals surface area contributed by atoms with E-state index in [1.54, 1.807) is 0 Å². The molecule has 1 aromatic rings. The first kappa shape index (κ1) is 13.2. The van der Waals surface area contributed by atoms with Crippen molar-refractivity contribution in [2.75, 3.05) is 0 Å². The summed E-state index contributed by atoms with van der Waals surface area (Å²) in [5.74, 6) is 0.742. The quantitative estimate of drug-likeness (QED) is 0.875. The molecule has 1 fully saturated rings. The van der Waals surface area contributed by atoms with E-state index >= 15 is 0 Å². The minimum absolute atomic E-state index is 0.289. The van der Waals surface area contributed by atoms with E-state index in [-0.39, 0.29) is 11.6 Å². The van der Waals surface area contributed by atoms with Gasteiger partial charge in [0.25, 0.3) is 0 Å². The van der Waals surface area contributed by atoms with Gasteiger partial charge in [-0.15, -0.1) is 0 Å². The number of hydrogen-bond donors (Lipinski definition) is 2. The summed E-state index contributed by atoms with van der Waals surface area (Å²) in [6.07, 6.45) is 4.22. The van der Waals surface area contributed by atoms with Crippen LogP contribution in [0.5, 0.6) is 0 Å². The van der Waals surface area contributed by atoms with Gasteiger partial charge in [-0.05, 0) is 43.4 Å². The Morgan fingerprint density at radius 2 is 1.80 bits per heavy atom. The first-order chi connectivity index (χ1) is 9.59. The summed E-state index contributed by atoms with van der Waals surface area (Å²) in [6, 6.07) is 7.76. The summed E-state index contributed by atoms with van der Waals surface area (Å²) >= 11 is 5.92. The summed E-state index contributed by atoms with van der Waals surface area (Å²) < 4.78 is 0. The van der Waals surface area contributed by atoms with Crippen molar-refractivity contribution in [3.05, 3.63) is 34.9 Å². The Morgan fingerprint density at radius 3 is 2.45 bits per heavy atom. The minimum Gasteiger partial charge on any atom is -0.369 e. The van der Waals surface area contributed by atoms with Gasteiger partial charge in [-0.25, -0.2) is 4.99 Å². The van der Waals surface area contributed by atoms with Crippen LogP contribution in [0.3, 0.4) is 0 Å². The zero-order chi connectivity index (χ0) is 14.2. The topological polar surface area (TPSA) is 80.0 Å². The molecular formula is C14H18ClN5. The average molecular weight is 292 g/mol. The number of nitrogens with two attached hydrogens (primary N) is 2. The third kappa shape index (κ3) is 2.33. The molecule has 0 bridgehead atoms. The number of aliphatic imine (C=N–C) groups is 2. The SMILES string of the molecule is NC1=NC2(CCCC2)N(Cc2ccc(Cl)cc2)C(N)=N1. The van der Waals surface area contributed by atoms with Crippen LogP contribution in [0.2, 0.25) is 5.02 Å². The standard InChI is InChI=1S/C14H18ClN5/c15-11-5-3-10(4-6-11)9-20-13(17)18-12(16)19-14(20)7-1-2-8-14/h3-6H,1-2,7-9H2,(H4,16,17,18,19). The first-order valence-electron chi connectivity index (χ1n) is 6.81. The molecule has 4 N–H and O–H groups in total. The average Bonchev–Trinajstić information content (AvgIpc) is 2.85. The van der Waals surface area contributed by atoms with Crippen LogP contribution < -0.4 is 11.5 Å². The molecule has 1 saturated carbocycles. The van der Waals surface area contributed by atoms with Crippen LogP contribution in [0.25, 0.3) is 0 Å². The van der Waals surface area contributed by atoms with Crippen molar-refractivity contribution in [3.8, 4) is 0 Å². The molecule has 6 heteroatoms. The highest BCUT2D eigenvalue weighted by Crippen LogP contribution is 2.38. The molecular weight excluding hydrogens is 274 g/mol. The monoisotopic (exact) mass is 291 g/mol. The molecule has 5 nitrogen and oxygen atoms in total. The van der Waals surface area contributed by atoms with E-state index in [4.69, 9.17) is 23.1 Å². The number of hydrogen-bond acceptors (Lipinski definition) is 5. The van der Waals surface area contributed by atoms with Crippen molar-refractivity contribution >= 4 is 23.5 Å². The fourth-order valence-electron chi connectivity index (χ4n) is 3.01. The lowest BCUT2D eigenvalue weighted by molar-refractivity contribution is 0.173. The van der Waals surface area contributed by atoms with Gasteiger partial charge in [0.15, 0.2) is 0 Å². The van der Waals surface area contributed by atoms with Crippen molar-refractivity contribution in [1.29, 1.82) is 0 Å². The molecule has 1 heterocycles. The van der Waals surface area contributed by atoms with Gasteiger partial charge in [0, 0.05) is 11.6 Å². The summed E-state index contributed by atoms with van der Waals surface area (Å²) in [6.45, 7) is 0.670. The van der Waals surface area contributed by atoms with Crippen LogP contribution >= 0.6 is 11.6 Å². The number of benzene rings is 1. The number of guanidine groups is 2. The highest BCUT2D eigenvalue weighted by Gasteiger charge is 2.42. The largest absolute Gasteiger partial charge is 0.369 e. The maximum Gasteiger partial charge on any atom is 0.220 e. The highest BCUT2D eigenvalue weighted by atomic mass is 35.5. The molecule has 20 heavy (non-hydrogen) atoms. The van der Waals surface area contributed by atoms with Crippen LogP contribution in [-0.4, -0.2) is 22.5 Å². The van der Waals surface area contributed by atoms with Gasteiger partial charge in [-0.1, -0.05) is 23.7 Å². The van der Waals surface area contributed by atoms with Crippen LogP contribution in [0.4, 0.5) is 0 Å². The van der Waals surface area contributed by atoms with Gasteiger partial charge >= 0.3 is 0 Å². The zero-order valence-electron chi connectivity index (χ0n) is 11.2. The zero-order valence-corrected chi connectivity index (χ0v) is 12.0. The Kier molecular flexibility index (Phi) is 3.30. The van der Waals surface area contributed by atoms with Crippen molar-refractivity contribution < 1.29 is 0 Å². The van der Waals surface area contributed by atoms with Gasteiger partial charge in [-0.3, -0.25) is 0 Å². The molecule has 1 spiro atoms. The van der Waals surface area contributed by atoms with E-state index in [1.165, 1.54) is 0 Å². The van der Waals surface area contributed by atoms with Crippen molar-refractivity contribution in [2.45, 2.75) is 37.9 Å². The Bertz CT molecular complexity index is 557. The second-order valence-electron chi connectivity index (χ2n) is 5.34. The Labute approximate surface area is 123 Å². The lowest BCUT2D eigenvalue weighted by Crippen LogP contribution is -2.55. The van der Waals surface area contributed by atoms with E-state index in [9.17, 15) is 0 Å². The summed E-state index contributed by atoms with van der Waals surface area (Å²) in [5.41, 5.74) is 12.7. The first-order valence-corrected chi connectivity index (χ1v) is 7.18. The van der Waals surface area contributed by atoms with Crippen LogP contribution in [0.15, 0.2) is 34.3 Å². The predicted molar refractivity (Wildman–Crippen MR) is 81.4 cm³/mol. The smallest absolute Gasteiger partial charge is 0.220 e. The Balaban J connectivity index is 1.90. The third-order valence-corrected chi connectivity index (χ3v) is 4.24. The van der Waals surface area contributed by atoms with Gasteiger partial charge in [-0.2, -0.15) is 4.99 Å². The second kappa shape index (κ2) is 4.98. The van der Waals surface area contributed by atoms with E-state index in [1.807, 2.05) is 24.3 Å². The fraction of sp³-hybridized carbons (Fsp3) is 0.429. The highest BCUT2D eigenvalue weighted by molar-refractivity contribution is 6.30. The molecule has 0 unspecified atom stereocenters. The lowest BCUT2D eigenvalue weighted by atomic mass is 10.1. The molecule has 0 amide bonds. The molecule has 1 aromatic carbocycles. The normalized spacial score (nSPS) is 20.9. The third-order valence-electron chi connectivity index (χ3n) is 3.99. The van der Waals surface area contributed by atoms with Gasteiger partial charge in [0.2, 0.25) is 11.9 Å². The molecule has 0 saturated heterocycles. The van der Waals surface area contributed by atoms with Crippen LogP contribution in [0, 0.1) is 0 Å². The van der Waals surface area contributed by atoms with E-state index < -0.39 is 0 Å². The second-order valence-corrected chi connectivity index (χ2v) is 5.78. The van der Waals surface area contributed by atoms with Crippen LogP contribution in [-0.2, 0) is 6.54 Å². The Morgan fingerprint density at radius 1 is 1.15 bits per heavy atom. The van der Waals surface area contributed by atoms with E-state index in [2.05, 4.69) is 14.9 Å².